The number of hydrogen-bond donors (Lipinski definition) is 2. The highest BCUT2D eigenvalue weighted by Crippen LogP contribution is 1.95. The van der Waals surface area contributed by atoms with Gasteiger partial charge in [0.25, 0.3) is 0 Å². The normalized spacial score (nSPS) is 9.50. The molecule has 0 aromatic rings. The van der Waals surface area contributed by atoms with Crippen LogP contribution in [0.5, 0.6) is 0 Å². The van der Waals surface area contributed by atoms with Gasteiger partial charge in [0.2, 0.25) is 0 Å². The third-order valence-electron chi connectivity index (χ3n) is 1.03. The highest BCUT2D eigenvalue weighted by molar-refractivity contribution is 5.68. The van der Waals surface area contributed by atoms with Crippen LogP contribution in [0.2, 0.25) is 0 Å². The van der Waals surface area contributed by atoms with E-state index in [9.17, 15) is 0 Å². The fourth-order valence-corrected chi connectivity index (χ4v) is 0.302. The van der Waals surface area contributed by atoms with Gasteiger partial charge in [-0.15, -0.1) is 0 Å². The molecule has 2 N–H and O–H groups in total. The second-order valence-electron chi connectivity index (χ2n) is 2.02. The number of rotatable bonds is 3. The predicted molar refractivity (Wildman–Crippen MR) is 54.8 cm³/mol. The van der Waals surface area contributed by atoms with Crippen LogP contribution in [-0.2, 0) is 0 Å². The van der Waals surface area contributed by atoms with Crippen LogP contribution in [0.15, 0.2) is 36.6 Å². The van der Waals surface area contributed by atoms with Gasteiger partial charge >= 0.3 is 0 Å². The first-order chi connectivity index (χ1) is 5.72. The molecule has 0 aromatic carbocycles. The molecule has 2 heteroatoms. The minimum atomic E-state index is 0.963. The maximum atomic E-state index is 7.69. The van der Waals surface area contributed by atoms with E-state index in [1.165, 1.54) is 6.21 Å². The number of hydrogen-bond acceptors (Lipinski definition) is 2. The summed E-state index contributed by atoms with van der Waals surface area (Å²) in [6, 6.07) is 0. The van der Waals surface area contributed by atoms with Crippen LogP contribution in [0.1, 0.15) is 20.3 Å². The van der Waals surface area contributed by atoms with Crippen LogP contribution < -0.4 is 0 Å². The Morgan fingerprint density at radius 2 is 2.08 bits per heavy atom. The summed E-state index contributed by atoms with van der Waals surface area (Å²) >= 11 is 0. The van der Waals surface area contributed by atoms with E-state index >= 15 is 0 Å². The van der Waals surface area contributed by atoms with Crippen molar-refractivity contribution in [1.29, 1.82) is 5.41 Å². The largest absolute Gasteiger partial charge is 0.516 e. The first-order valence-corrected chi connectivity index (χ1v) is 3.83. The van der Waals surface area contributed by atoms with Crippen LogP contribution in [-0.4, -0.2) is 11.3 Å². The molecular weight excluding hydrogens is 150 g/mol. The minimum absolute atomic E-state index is 0.963. The standard InChI is InChI=1S/C7H11N.C3H6O/c1-3-7(2)5-4-6-8;1-2-3-4/h4-6,8H,2-3H2,1H3;2-4H,1H3/b5-4-,8-6?;. The molecule has 0 saturated heterocycles. The number of aliphatic hydroxyl groups excluding tert-OH is 1. The molecule has 0 heterocycles. The fourth-order valence-electron chi connectivity index (χ4n) is 0.302. The second-order valence-corrected chi connectivity index (χ2v) is 2.02. The van der Waals surface area contributed by atoms with E-state index < -0.39 is 0 Å². The fraction of sp³-hybridized carbons (Fsp3) is 0.300. The molecule has 0 radical (unpaired) electrons. The van der Waals surface area contributed by atoms with Gasteiger partial charge in [-0.3, -0.25) is 0 Å². The van der Waals surface area contributed by atoms with Gasteiger partial charge in [0.05, 0.1) is 6.26 Å². The van der Waals surface area contributed by atoms with E-state index in [0.717, 1.165) is 18.3 Å². The van der Waals surface area contributed by atoms with Crippen LogP contribution in [0.4, 0.5) is 0 Å². The van der Waals surface area contributed by atoms with Gasteiger partial charge in [-0.2, -0.15) is 0 Å². The van der Waals surface area contributed by atoms with Crippen molar-refractivity contribution in [3.63, 3.8) is 0 Å². The van der Waals surface area contributed by atoms with Gasteiger partial charge in [0.15, 0.2) is 0 Å². The molecule has 0 fully saturated rings. The molecule has 12 heavy (non-hydrogen) atoms. The van der Waals surface area contributed by atoms with Gasteiger partial charge in [-0.25, -0.2) is 0 Å². The molecule has 68 valence electrons. The van der Waals surface area contributed by atoms with Gasteiger partial charge < -0.3 is 10.5 Å². The van der Waals surface area contributed by atoms with E-state index in [4.69, 9.17) is 10.5 Å². The molecule has 0 aromatic heterocycles. The molecule has 0 rings (SSSR count). The lowest BCUT2D eigenvalue weighted by atomic mass is 10.2. The van der Waals surface area contributed by atoms with Crippen LogP contribution in [0.25, 0.3) is 0 Å². The van der Waals surface area contributed by atoms with Crippen LogP contribution >= 0.6 is 0 Å². The molecule has 0 aliphatic rings. The Hall–Kier alpha value is -1.31. The zero-order chi connectivity index (χ0) is 9.82. The highest BCUT2D eigenvalue weighted by Gasteiger charge is 1.76. The Balaban J connectivity index is 0. The average molecular weight is 167 g/mol. The first kappa shape index (κ1) is 13.3. The van der Waals surface area contributed by atoms with Crippen molar-refractivity contribution in [1.82, 2.24) is 0 Å². The molecule has 0 spiro atoms. The van der Waals surface area contributed by atoms with E-state index in [1.54, 1.807) is 19.1 Å². The van der Waals surface area contributed by atoms with Crippen molar-refractivity contribution >= 4 is 6.21 Å². The first-order valence-electron chi connectivity index (χ1n) is 3.83. The quantitative estimate of drug-likeness (QED) is 0.378. The number of allylic oxidation sites excluding steroid dienone is 4. The summed E-state index contributed by atoms with van der Waals surface area (Å²) in [5.41, 5.74) is 1.06. The molecular formula is C10H17NO. The summed E-state index contributed by atoms with van der Waals surface area (Å²) in [4.78, 5) is 0. The Kier molecular flexibility index (Phi) is 13.7. The van der Waals surface area contributed by atoms with Gasteiger partial charge in [-0.05, 0) is 19.4 Å². The van der Waals surface area contributed by atoms with E-state index in [2.05, 4.69) is 6.58 Å². The van der Waals surface area contributed by atoms with Gasteiger partial charge in [0.1, 0.15) is 0 Å². The molecule has 0 aliphatic heterocycles. The van der Waals surface area contributed by atoms with Crippen molar-refractivity contribution in [2.45, 2.75) is 20.3 Å². The lowest BCUT2D eigenvalue weighted by molar-refractivity contribution is 0.472. The summed E-state index contributed by atoms with van der Waals surface area (Å²) in [6.07, 6.45) is 8.28. The van der Waals surface area contributed by atoms with Gasteiger partial charge in [-0.1, -0.05) is 31.2 Å². The molecule has 0 atom stereocenters. The number of aliphatic hydroxyl groups is 1. The topological polar surface area (TPSA) is 44.1 Å². The third-order valence-corrected chi connectivity index (χ3v) is 1.03. The SMILES string of the molecule is C=C(/C=C\C=N)CC.CC=CO. The zero-order valence-electron chi connectivity index (χ0n) is 7.75. The van der Waals surface area contributed by atoms with E-state index in [-0.39, 0.29) is 0 Å². The minimum Gasteiger partial charge on any atom is -0.516 e. The maximum absolute atomic E-state index is 7.69. The van der Waals surface area contributed by atoms with E-state index in [1.807, 2.05) is 13.0 Å². The average Bonchev–Trinajstić information content (AvgIpc) is 2.14. The van der Waals surface area contributed by atoms with Crippen LogP contribution in [0, 0.1) is 5.41 Å². The Morgan fingerprint density at radius 1 is 1.58 bits per heavy atom. The smallest absolute Gasteiger partial charge is 0.0748 e. The molecule has 0 aliphatic carbocycles. The molecule has 0 bridgehead atoms. The third kappa shape index (κ3) is 15.9. The summed E-state index contributed by atoms with van der Waals surface area (Å²) in [6.45, 7) is 7.51. The predicted octanol–water partition coefficient (Wildman–Crippen LogP) is 3.24. The summed E-state index contributed by atoms with van der Waals surface area (Å²) in [7, 11) is 0. The second kappa shape index (κ2) is 12.4. The van der Waals surface area contributed by atoms with Crippen molar-refractivity contribution in [2.75, 3.05) is 0 Å². The Bertz CT molecular complexity index is 165. The van der Waals surface area contributed by atoms with Crippen molar-refractivity contribution in [3.05, 3.63) is 36.6 Å². The van der Waals surface area contributed by atoms with Gasteiger partial charge in [0, 0.05) is 6.21 Å². The lowest BCUT2D eigenvalue weighted by Gasteiger charge is -1.86. The van der Waals surface area contributed by atoms with Crippen molar-refractivity contribution in [3.8, 4) is 0 Å². The highest BCUT2D eigenvalue weighted by atomic mass is 16.2. The summed E-state index contributed by atoms with van der Waals surface area (Å²) in [5.74, 6) is 0. The van der Waals surface area contributed by atoms with E-state index in [0.29, 0.717) is 0 Å². The lowest BCUT2D eigenvalue weighted by Crippen LogP contribution is -1.68. The number of nitrogens with one attached hydrogen (secondary N) is 1. The molecule has 0 amide bonds. The Morgan fingerprint density at radius 3 is 2.33 bits per heavy atom. The summed E-state index contributed by atoms with van der Waals surface area (Å²) < 4.78 is 0. The maximum Gasteiger partial charge on any atom is 0.0748 e. The van der Waals surface area contributed by atoms with Crippen molar-refractivity contribution < 1.29 is 5.11 Å². The van der Waals surface area contributed by atoms with Crippen LogP contribution in [0.3, 0.4) is 0 Å². The molecule has 0 saturated carbocycles. The Labute approximate surface area is 74.4 Å². The molecule has 2 nitrogen and oxygen atoms in total. The molecule has 0 unspecified atom stereocenters. The monoisotopic (exact) mass is 167 g/mol. The zero-order valence-corrected chi connectivity index (χ0v) is 7.75. The summed E-state index contributed by atoms with van der Waals surface area (Å²) in [5, 5.41) is 14.3. The van der Waals surface area contributed by atoms with Crippen molar-refractivity contribution in [2.24, 2.45) is 0 Å².